The normalized spacial score (nSPS) is 20.8. The fourth-order valence-electron chi connectivity index (χ4n) is 2.65. The monoisotopic (exact) mass is 322 g/mol. The van der Waals surface area contributed by atoms with Crippen molar-refractivity contribution in [2.24, 2.45) is 5.92 Å². The highest BCUT2D eigenvalue weighted by atomic mass is 32.2. The zero-order chi connectivity index (χ0) is 15.9. The number of likely N-dealkylation sites (tertiary alicyclic amines) is 1. The first-order chi connectivity index (χ1) is 10.6. The van der Waals surface area contributed by atoms with Gasteiger partial charge in [0.2, 0.25) is 5.91 Å². The Balaban J connectivity index is 1.78. The number of hydrogen-bond acceptors (Lipinski definition) is 3. The topological polar surface area (TPSA) is 49.4 Å². The molecule has 1 saturated heterocycles. The number of nitrogens with one attached hydrogen (secondary N) is 1. The van der Waals surface area contributed by atoms with E-state index >= 15 is 0 Å². The lowest BCUT2D eigenvalue weighted by atomic mass is 10.0. The number of amides is 1. The molecule has 22 heavy (non-hydrogen) atoms. The first kappa shape index (κ1) is 17.2. The second-order valence-corrected chi connectivity index (χ2v) is 7.74. The minimum absolute atomic E-state index is 0.0287. The molecule has 1 amide bonds. The lowest BCUT2D eigenvalue weighted by molar-refractivity contribution is -0.125. The van der Waals surface area contributed by atoms with E-state index in [9.17, 15) is 9.00 Å². The summed E-state index contributed by atoms with van der Waals surface area (Å²) in [5.74, 6) is 0.801. The van der Waals surface area contributed by atoms with Crippen molar-refractivity contribution >= 4 is 16.7 Å². The van der Waals surface area contributed by atoms with E-state index in [1.54, 1.807) is 0 Å². The molecule has 1 fully saturated rings. The average Bonchev–Trinajstić information content (AvgIpc) is 2.53. The van der Waals surface area contributed by atoms with Gasteiger partial charge in [-0.05, 0) is 31.5 Å². The standard InChI is InChI=1S/C17H26N2O2S/c1-14(2)17(20)18-15-7-6-10-19(13-15)11-12-22(21)16-8-4-3-5-9-16/h3-5,8-9,14-15H,6-7,10-13H2,1-2H3,(H,18,20)/t15-,22-/m1/s1. The van der Waals surface area contributed by atoms with E-state index in [1.165, 1.54) is 0 Å². The molecule has 1 aliphatic heterocycles. The molecule has 1 aromatic rings. The molecule has 0 unspecified atom stereocenters. The van der Waals surface area contributed by atoms with Crippen molar-refractivity contribution in [2.75, 3.05) is 25.4 Å². The van der Waals surface area contributed by atoms with Gasteiger partial charge in [0.1, 0.15) is 0 Å². The predicted octanol–water partition coefficient (Wildman–Crippen LogP) is 2.03. The summed E-state index contributed by atoms with van der Waals surface area (Å²) in [6, 6.07) is 9.84. The molecule has 0 aromatic heterocycles. The molecule has 4 nitrogen and oxygen atoms in total. The predicted molar refractivity (Wildman–Crippen MR) is 90.2 cm³/mol. The molecule has 1 N–H and O–H groups in total. The largest absolute Gasteiger partial charge is 0.352 e. The van der Waals surface area contributed by atoms with Crippen LogP contribution in [0.5, 0.6) is 0 Å². The van der Waals surface area contributed by atoms with Crippen molar-refractivity contribution in [3.05, 3.63) is 30.3 Å². The molecule has 1 heterocycles. The van der Waals surface area contributed by atoms with Crippen molar-refractivity contribution in [3.63, 3.8) is 0 Å². The molecule has 0 saturated carbocycles. The van der Waals surface area contributed by atoms with Crippen molar-refractivity contribution in [3.8, 4) is 0 Å². The average molecular weight is 322 g/mol. The SMILES string of the molecule is CC(C)C(=O)N[C@@H]1CCCN(CC[S@@](=O)c2ccccc2)C1. The molecule has 0 bridgehead atoms. The van der Waals surface area contributed by atoms with E-state index in [2.05, 4.69) is 10.2 Å². The van der Waals surface area contributed by atoms with Crippen LogP contribution >= 0.6 is 0 Å². The zero-order valence-electron chi connectivity index (χ0n) is 13.5. The number of hydrogen-bond donors (Lipinski definition) is 1. The molecule has 1 aliphatic rings. The molecule has 0 radical (unpaired) electrons. The summed E-state index contributed by atoms with van der Waals surface area (Å²) < 4.78 is 12.3. The van der Waals surface area contributed by atoms with Gasteiger partial charge in [-0.2, -0.15) is 0 Å². The van der Waals surface area contributed by atoms with Crippen LogP contribution in [-0.4, -0.2) is 46.4 Å². The van der Waals surface area contributed by atoms with Crippen LogP contribution in [0.4, 0.5) is 0 Å². The second kappa shape index (κ2) is 8.44. The third kappa shape index (κ3) is 5.21. The van der Waals surface area contributed by atoms with E-state index in [1.807, 2.05) is 44.2 Å². The smallest absolute Gasteiger partial charge is 0.222 e. The number of carbonyl (C=O) groups is 1. The highest BCUT2D eigenvalue weighted by Crippen LogP contribution is 2.12. The van der Waals surface area contributed by atoms with Crippen LogP contribution in [0.3, 0.4) is 0 Å². The van der Waals surface area contributed by atoms with Crippen molar-refractivity contribution in [1.82, 2.24) is 10.2 Å². The molecule has 0 aliphatic carbocycles. The Morgan fingerprint density at radius 1 is 1.36 bits per heavy atom. The summed E-state index contributed by atoms with van der Waals surface area (Å²) in [6.07, 6.45) is 2.12. The number of benzene rings is 1. The van der Waals surface area contributed by atoms with Crippen LogP contribution in [0.15, 0.2) is 35.2 Å². The first-order valence-corrected chi connectivity index (χ1v) is 9.34. The Labute approximate surface area is 135 Å². The van der Waals surface area contributed by atoms with Gasteiger partial charge in [0.15, 0.2) is 0 Å². The Hall–Kier alpha value is -1.20. The van der Waals surface area contributed by atoms with Gasteiger partial charge in [-0.1, -0.05) is 32.0 Å². The highest BCUT2D eigenvalue weighted by molar-refractivity contribution is 7.85. The minimum Gasteiger partial charge on any atom is -0.352 e. The van der Waals surface area contributed by atoms with Crippen molar-refractivity contribution in [2.45, 2.75) is 37.6 Å². The Morgan fingerprint density at radius 3 is 2.77 bits per heavy atom. The maximum absolute atomic E-state index is 12.3. The van der Waals surface area contributed by atoms with E-state index in [-0.39, 0.29) is 17.9 Å². The molecule has 1 aromatic carbocycles. The van der Waals surface area contributed by atoms with E-state index in [0.29, 0.717) is 5.75 Å². The van der Waals surface area contributed by atoms with Gasteiger partial charge in [-0.3, -0.25) is 9.00 Å². The molecular formula is C17H26N2O2S. The number of carbonyl (C=O) groups excluding carboxylic acids is 1. The maximum atomic E-state index is 12.3. The Kier molecular flexibility index (Phi) is 6.58. The fraction of sp³-hybridized carbons (Fsp3) is 0.588. The number of rotatable bonds is 6. The van der Waals surface area contributed by atoms with Crippen LogP contribution in [-0.2, 0) is 15.6 Å². The molecule has 122 valence electrons. The molecule has 5 heteroatoms. The van der Waals surface area contributed by atoms with Gasteiger partial charge in [-0.25, -0.2) is 0 Å². The fourth-order valence-corrected chi connectivity index (χ4v) is 3.77. The molecule has 2 atom stereocenters. The van der Waals surface area contributed by atoms with Crippen LogP contribution in [0.25, 0.3) is 0 Å². The van der Waals surface area contributed by atoms with E-state index in [4.69, 9.17) is 0 Å². The van der Waals surface area contributed by atoms with Gasteiger partial charge in [0.25, 0.3) is 0 Å². The quantitative estimate of drug-likeness (QED) is 0.872. The maximum Gasteiger partial charge on any atom is 0.222 e. The molecule has 2 rings (SSSR count). The van der Waals surface area contributed by atoms with Crippen LogP contribution in [0.2, 0.25) is 0 Å². The third-order valence-electron chi connectivity index (χ3n) is 3.98. The summed E-state index contributed by atoms with van der Waals surface area (Å²) >= 11 is 0. The lowest BCUT2D eigenvalue weighted by Crippen LogP contribution is -2.49. The summed E-state index contributed by atoms with van der Waals surface area (Å²) in [5.41, 5.74) is 0. The Bertz CT molecular complexity index is 505. The van der Waals surface area contributed by atoms with E-state index in [0.717, 1.165) is 37.4 Å². The van der Waals surface area contributed by atoms with Gasteiger partial charge in [0.05, 0.1) is 10.8 Å². The summed E-state index contributed by atoms with van der Waals surface area (Å²) in [5, 5.41) is 3.11. The Morgan fingerprint density at radius 2 is 2.09 bits per heavy atom. The second-order valence-electron chi connectivity index (χ2n) is 6.17. The highest BCUT2D eigenvalue weighted by Gasteiger charge is 2.22. The number of nitrogens with zero attached hydrogens (tertiary/aromatic N) is 1. The van der Waals surface area contributed by atoms with E-state index < -0.39 is 10.8 Å². The van der Waals surface area contributed by atoms with Gasteiger partial charge in [-0.15, -0.1) is 0 Å². The molecule has 0 spiro atoms. The first-order valence-electron chi connectivity index (χ1n) is 8.02. The third-order valence-corrected chi connectivity index (χ3v) is 5.33. The number of piperidine rings is 1. The van der Waals surface area contributed by atoms with Crippen LogP contribution in [0, 0.1) is 5.92 Å². The van der Waals surface area contributed by atoms with Crippen LogP contribution in [0.1, 0.15) is 26.7 Å². The van der Waals surface area contributed by atoms with Crippen LogP contribution < -0.4 is 5.32 Å². The minimum atomic E-state index is -0.943. The lowest BCUT2D eigenvalue weighted by Gasteiger charge is -2.33. The van der Waals surface area contributed by atoms with Crippen molar-refractivity contribution in [1.29, 1.82) is 0 Å². The zero-order valence-corrected chi connectivity index (χ0v) is 14.3. The molecular weight excluding hydrogens is 296 g/mol. The van der Waals surface area contributed by atoms with Gasteiger partial charge < -0.3 is 10.2 Å². The van der Waals surface area contributed by atoms with Crippen molar-refractivity contribution < 1.29 is 9.00 Å². The summed E-state index contributed by atoms with van der Waals surface area (Å²) in [4.78, 5) is 15.0. The van der Waals surface area contributed by atoms with Gasteiger partial charge in [0, 0.05) is 35.7 Å². The summed E-state index contributed by atoms with van der Waals surface area (Å²) in [7, 11) is -0.943. The van der Waals surface area contributed by atoms with Gasteiger partial charge >= 0.3 is 0 Å². The summed E-state index contributed by atoms with van der Waals surface area (Å²) in [6.45, 7) is 6.54.